The molecular formula is C27H34N2O7S. The van der Waals surface area contributed by atoms with Gasteiger partial charge in [-0.25, -0.2) is 4.83 Å². The molecule has 2 aromatic rings. The minimum absolute atomic E-state index is 0.00260. The number of hydrazone groups is 1. The maximum absolute atomic E-state index is 13.3. The van der Waals surface area contributed by atoms with Gasteiger partial charge in [-0.15, -0.1) is 0 Å². The van der Waals surface area contributed by atoms with E-state index in [-0.39, 0.29) is 30.2 Å². The predicted molar refractivity (Wildman–Crippen MR) is 138 cm³/mol. The number of aliphatic hydroxyl groups is 1. The number of carbonyl (C=O) groups is 2. The number of rotatable bonds is 8. The molecule has 0 amide bonds. The Morgan fingerprint density at radius 2 is 1.49 bits per heavy atom. The van der Waals surface area contributed by atoms with Gasteiger partial charge < -0.3 is 14.6 Å². The molecule has 0 radical (unpaired) electrons. The lowest BCUT2D eigenvalue weighted by atomic mass is 9.61. The highest BCUT2D eigenvalue weighted by atomic mass is 32.2. The van der Waals surface area contributed by atoms with E-state index in [1.54, 1.807) is 38.1 Å². The zero-order valence-corrected chi connectivity index (χ0v) is 22.5. The van der Waals surface area contributed by atoms with Gasteiger partial charge in [0.25, 0.3) is 10.0 Å². The van der Waals surface area contributed by atoms with Crippen molar-refractivity contribution in [3.05, 3.63) is 65.2 Å². The van der Waals surface area contributed by atoms with Crippen molar-refractivity contribution in [2.45, 2.75) is 57.5 Å². The second kappa shape index (κ2) is 11.4. The Labute approximate surface area is 217 Å². The fraction of sp³-hybridized carbons (Fsp3) is 0.444. The molecule has 1 aliphatic rings. The van der Waals surface area contributed by atoms with Crippen molar-refractivity contribution < 1.29 is 32.6 Å². The maximum atomic E-state index is 13.3. The highest BCUT2D eigenvalue weighted by Crippen LogP contribution is 2.47. The van der Waals surface area contributed by atoms with E-state index in [0.717, 1.165) is 11.1 Å². The molecule has 0 aromatic heterocycles. The molecule has 4 atom stereocenters. The zero-order chi connectivity index (χ0) is 27.4. The predicted octanol–water partition coefficient (Wildman–Crippen LogP) is 3.23. The molecule has 0 bridgehead atoms. The van der Waals surface area contributed by atoms with Gasteiger partial charge in [0.15, 0.2) is 0 Å². The largest absolute Gasteiger partial charge is 0.466 e. The van der Waals surface area contributed by atoms with Gasteiger partial charge in [0.05, 0.1) is 35.3 Å². The molecule has 200 valence electrons. The number of hydrogen-bond acceptors (Lipinski definition) is 8. The number of ether oxygens (including phenoxy) is 2. The summed E-state index contributed by atoms with van der Waals surface area (Å²) < 4.78 is 36.5. The highest BCUT2D eigenvalue weighted by molar-refractivity contribution is 7.89. The summed E-state index contributed by atoms with van der Waals surface area (Å²) in [6, 6.07) is 13.4. The third kappa shape index (κ3) is 6.37. The van der Waals surface area contributed by atoms with E-state index < -0.39 is 45.3 Å². The number of esters is 2. The molecule has 0 saturated heterocycles. The molecule has 9 nitrogen and oxygen atoms in total. The minimum Gasteiger partial charge on any atom is -0.466 e. The molecule has 2 N–H and O–H groups in total. The molecular weight excluding hydrogens is 496 g/mol. The lowest BCUT2D eigenvalue weighted by molar-refractivity contribution is -0.163. The topological polar surface area (TPSA) is 131 Å². The molecule has 3 rings (SSSR count). The van der Waals surface area contributed by atoms with Crippen molar-refractivity contribution >= 4 is 27.7 Å². The van der Waals surface area contributed by atoms with Gasteiger partial charge in [-0.3, -0.25) is 9.59 Å². The second-order valence-corrected chi connectivity index (χ2v) is 11.1. The Morgan fingerprint density at radius 1 is 0.973 bits per heavy atom. The van der Waals surface area contributed by atoms with Crippen LogP contribution in [0.25, 0.3) is 0 Å². The summed E-state index contributed by atoms with van der Waals surface area (Å²) in [7, 11) is -4.06. The number of carbonyl (C=O) groups excluding carboxylic acids is 2. The van der Waals surface area contributed by atoms with Crippen LogP contribution in [-0.4, -0.2) is 50.0 Å². The third-order valence-electron chi connectivity index (χ3n) is 6.47. The van der Waals surface area contributed by atoms with E-state index in [2.05, 4.69) is 9.93 Å². The fourth-order valence-corrected chi connectivity index (χ4v) is 5.53. The second-order valence-electron chi connectivity index (χ2n) is 9.44. The van der Waals surface area contributed by atoms with Crippen LogP contribution in [0.4, 0.5) is 0 Å². The van der Waals surface area contributed by atoms with Gasteiger partial charge in [0, 0.05) is 12.3 Å². The first-order chi connectivity index (χ1) is 17.4. The number of hydrogen-bond donors (Lipinski definition) is 2. The van der Waals surface area contributed by atoms with Crippen molar-refractivity contribution in [2.75, 3.05) is 13.2 Å². The van der Waals surface area contributed by atoms with Gasteiger partial charge in [-0.05, 0) is 52.3 Å². The average molecular weight is 531 g/mol. The first-order valence-electron chi connectivity index (χ1n) is 12.2. The first kappa shape index (κ1) is 28.3. The molecule has 10 heteroatoms. The summed E-state index contributed by atoms with van der Waals surface area (Å²) in [6.07, 6.45) is -0.251. The average Bonchev–Trinajstić information content (AvgIpc) is 2.83. The molecule has 2 aromatic carbocycles. The van der Waals surface area contributed by atoms with Crippen LogP contribution in [0.1, 0.15) is 49.8 Å². The Bertz CT molecular complexity index is 1250. The van der Waals surface area contributed by atoms with Gasteiger partial charge in [0.2, 0.25) is 0 Å². The first-order valence-corrected chi connectivity index (χ1v) is 13.7. The van der Waals surface area contributed by atoms with Crippen LogP contribution in [0.3, 0.4) is 0 Å². The van der Waals surface area contributed by atoms with E-state index in [1.165, 1.54) is 19.1 Å². The van der Waals surface area contributed by atoms with Crippen molar-refractivity contribution in [3.8, 4) is 0 Å². The standard InChI is InChI=1S/C27H34N2O7S/c1-6-35-25(30)23-21(28-29-37(33,34)20-14-10-18(4)11-15-20)16-27(5,32)24(26(31)36-7-2)22(23)19-12-8-17(3)9-13-19/h8-15,22-24,29,32H,6-7,16H2,1-5H3/b28-21-/t22-,23-,24+,27+/m1/s1. The number of sulfonamides is 1. The summed E-state index contributed by atoms with van der Waals surface area (Å²) in [5.74, 6) is -4.52. The summed E-state index contributed by atoms with van der Waals surface area (Å²) in [5.41, 5.74) is 0.813. The normalized spacial score (nSPS) is 24.9. The Balaban J connectivity index is 2.15. The van der Waals surface area contributed by atoms with E-state index in [0.29, 0.717) is 5.56 Å². The highest BCUT2D eigenvalue weighted by Gasteiger charge is 2.56. The Morgan fingerprint density at radius 3 is 2.03 bits per heavy atom. The van der Waals surface area contributed by atoms with Crippen LogP contribution in [0.15, 0.2) is 58.5 Å². The molecule has 0 heterocycles. The fourth-order valence-electron chi connectivity index (χ4n) is 4.69. The SMILES string of the molecule is CCOC(=O)[C@@H]1/C(=N\NS(=O)(=O)c2ccc(C)cc2)C[C@](C)(O)[C@H](C(=O)OCC)[C@@H]1c1ccc(C)cc1. The number of benzene rings is 2. The molecule has 1 saturated carbocycles. The van der Waals surface area contributed by atoms with E-state index in [4.69, 9.17) is 9.47 Å². The maximum Gasteiger partial charge on any atom is 0.315 e. The van der Waals surface area contributed by atoms with Crippen LogP contribution in [0.2, 0.25) is 0 Å². The summed E-state index contributed by atoms with van der Waals surface area (Å²) in [6.45, 7) is 8.67. The minimum atomic E-state index is -4.06. The van der Waals surface area contributed by atoms with Gasteiger partial charge in [-0.2, -0.15) is 13.5 Å². The number of aryl methyl sites for hydroxylation is 2. The van der Waals surface area contributed by atoms with Crippen LogP contribution < -0.4 is 4.83 Å². The van der Waals surface area contributed by atoms with Gasteiger partial charge in [-0.1, -0.05) is 47.5 Å². The van der Waals surface area contributed by atoms with Crippen molar-refractivity contribution in [1.82, 2.24) is 4.83 Å². The molecule has 37 heavy (non-hydrogen) atoms. The molecule has 1 aliphatic carbocycles. The monoisotopic (exact) mass is 530 g/mol. The van der Waals surface area contributed by atoms with Gasteiger partial charge >= 0.3 is 11.9 Å². The molecule has 0 unspecified atom stereocenters. The van der Waals surface area contributed by atoms with Crippen LogP contribution in [0, 0.1) is 25.7 Å². The zero-order valence-electron chi connectivity index (χ0n) is 21.7. The summed E-state index contributed by atoms with van der Waals surface area (Å²) >= 11 is 0. The quantitative estimate of drug-likeness (QED) is 0.396. The van der Waals surface area contributed by atoms with Gasteiger partial charge in [0.1, 0.15) is 5.92 Å². The van der Waals surface area contributed by atoms with E-state index in [9.17, 15) is 23.1 Å². The third-order valence-corrected chi connectivity index (χ3v) is 7.69. The molecule has 0 spiro atoms. The molecule has 1 fully saturated rings. The smallest absolute Gasteiger partial charge is 0.315 e. The molecule has 0 aliphatic heterocycles. The summed E-state index contributed by atoms with van der Waals surface area (Å²) in [4.78, 5) is 28.7. The van der Waals surface area contributed by atoms with Crippen LogP contribution in [0.5, 0.6) is 0 Å². The Kier molecular flexibility index (Phi) is 8.76. The Hall–Kier alpha value is -3.24. The van der Waals surface area contributed by atoms with Crippen LogP contribution >= 0.6 is 0 Å². The van der Waals surface area contributed by atoms with E-state index in [1.807, 2.05) is 26.0 Å². The lowest BCUT2D eigenvalue weighted by Crippen LogP contribution is -2.55. The van der Waals surface area contributed by atoms with Crippen LogP contribution in [-0.2, 0) is 29.1 Å². The van der Waals surface area contributed by atoms with Crippen molar-refractivity contribution in [1.29, 1.82) is 0 Å². The van der Waals surface area contributed by atoms with Crippen molar-refractivity contribution in [2.24, 2.45) is 16.9 Å². The lowest BCUT2D eigenvalue weighted by Gasteiger charge is -2.45. The number of nitrogens with zero attached hydrogens (tertiary/aromatic N) is 1. The van der Waals surface area contributed by atoms with E-state index >= 15 is 0 Å². The summed E-state index contributed by atoms with van der Waals surface area (Å²) in [5, 5.41) is 15.6. The van der Waals surface area contributed by atoms with Crippen molar-refractivity contribution in [3.63, 3.8) is 0 Å². The number of nitrogens with one attached hydrogen (secondary N) is 1.